The maximum atomic E-state index is 14.9. The first-order valence-electron chi connectivity index (χ1n) is 16.8. The summed E-state index contributed by atoms with van der Waals surface area (Å²) in [6, 6.07) is 16.1. The van der Waals surface area contributed by atoms with E-state index in [-0.39, 0.29) is 23.8 Å². The summed E-state index contributed by atoms with van der Waals surface area (Å²) in [5, 5.41) is 5.83. The summed E-state index contributed by atoms with van der Waals surface area (Å²) in [6.45, 7) is 12.9. The normalized spacial score (nSPS) is 11.5. The van der Waals surface area contributed by atoms with Gasteiger partial charge in [0.25, 0.3) is 11.5 Å². The maximum absolute atomic E-state index is 14.9. The Kier molecular flexibility index (Phi) is 12.9. The third kappa shape index (κ3) is 8.96. The predicted molar refractivity (Wildman–Crippen MR) is 187 cm³/mol. The Morgan fingerprint density at radius 1 is 0.936 bits per heavy atom. The van der Waals surface area contributed by atoms with Crippen molar-refractivity contribution in [3.63, 3.8) is 0 Å². The van der Waals surface area contributed by atoms with Crippen molar-refractivity contribution in [2.24, 2.45) is 0 Å². The van der Waals surface area contributed by atoms with Gasteiger partial charge in [-0.25, -0.2) is 4.39 Å². The molecule has 0 spiro atoms. The molecule has 0 radical (unpaired) electrons. The molecule has 0 saturated heterocycles. The molecule has 0 aliphatic heterocycles. The highest BCUT2D eigenvalue weighted by atomic mass is 19.1. The summed E-state index contributed by atoms with van der Waals surface area (Å²) < 4.78 is 18.3. The lowest BCUT2D eigenvalue weighted by molar-refractivity contribution is -0.116. The number of fused-ring (bicyclic) bond motifs is 1. The number of benzene rings is 2. The molecule has 0 atom stereocenters. The molecule has 0 aliphatic carbocycles. The van der Waals surface area contributed by atoms with Crippen molar-refractivity contribution in [3.8, 4) is 11.1 Å². The second-order valence-electron chi connectivity index (χ2n) is 12.0. The zero-order chi connectivity index (χ0) is 33.9. The van der Waals surface area contributed by atoms with E-state index in [2.05, 4.69) is 34.3 Å². The molecule has 252 valence electrons. The number of nitrogens with zero attached hydrogens (tertiary/aromatic N) is 4. The first kappa shape index (κ1) is 35.6. The van der Waals surface area contributed by atoms with Crippen molar-refractivity contribution in [1.82, 2.24) is 24.1 Å². The molecule has 2 N–H and O–H groups in total. The smallest absolute Gasteiger partial charge is 0.270 e. The van der Waals surface area contributed by atoms with Gasteiger partial charge in [-0.15, -0.1) is 0 Å². The van der Waals surface area contributed by atoms with Crippen LogP contribution in [0, 0.1) is 5.82 Å². The van der Waals surface area contributed by atoms with Gasteiger partial charge in [0.2, 0.25) is 5.91 Å². The van der Waals surface area contributed by atoms with Crippen LogP contribution in [-0.2, 0) is 17.9 Å². The van der Waals surface area contributed by atoms with Crippen LogP contribution in [0.3, 0.4) is 0 Å². The fraction of sp³-hybridized carbons (Fsp3) is 0.432. The summed E-state index contributed by atoms with van der Waals surface area (Å²) in [5.74, 6) is -0.849. The molecule has 0 fully saturated rings. The van der Waals surface area contributed by atoms with E-state index in [4.69, 9.17) is 0 Å². The highest BCUT2D eigenvalue weighted by Crippen LogP contribution is 2.30. The van der Waals surface area contributed by atoms with Gasteiger partial charge in [-0.05, 0) is 62.8 Å². The first-order chi connectivity index (χ1) is 22.7. The van der Waals surface area contributed by atoms with E-state index in [1.165, 1.54) is 6.07 Å². The second kappa shape index (κ2) is 17.0. The van der Waals surface area contributed by atoms with Crippen molar-refractivity contribution >= 4 is 23.1 Å². The Balaban J connectivity index is 1.89. The van der Waals surface area contributed by atoms with Gasteiger partial charge in [-0.3, -0.25) is 23.7 Å². The monoisotopic (exact) mass is 644 g/mol. The van der Waals surface area contributed by atoms with Gasteiger partial charge in [0, 0.05) is 61.3 Å². The van der Waals surface area contributed by atoms with Crippen LogP contribution in [0.4, 0.5) is 10.1 Å². The molecule has 0 unspecified atom stereocenters. The van der Waals surface area contributed by atoms with Gasteiger partial charge in [0.1, 0.15) is 17.0 Å². The lowest BCUT2D eigenvalue weighted by atomic mass is 10.1. The minimum atomic E-state index is -0.448. The number of halogens is 1. The highest BCUT2D eigenvalue weighted by Gasteiger charge is 2.23. The zero-order valence-corrected chi connectivity index (χ0v) is 28.4. The van der Waals surface area contributed by atoms with Gasteiger partial charge in [0.05, 0.1) is 6.54 Å². The molecule has 4 aromatic rings. The molecule has 0 aliphatic rings. The third-order valence-corrected chi connectivity index (χ3v) is 8.52. The van der Waals surface area contributed by atoms with Crippen molar-refractivity contribution in [3.05, 3.63) is 93.8 Å². The lowest BCUT2D eigenvalue weighted by Gasteiger charge is -2.23. The van der Waals surface area contributed by atoms with Crippen molar-refractivity contribution < 1.29 is 14.0 Å². The standard InChI is InChI=1S/C37H49FN6O3/c1-6-10-20-39-36(46)31-25-43(24-28-14-11-12-15-32(28)38)35-23-30(27-16-18-29(19-17-27)40-34(45)13-7-2)33(44(35)37(31)47)26-41(5)21-22-42(8-3)9-4/h11-12,14-19,23,25H,6-10,13,20-22,24,26H2,1-5H3,(H,39,46)(H,40,45). The van der Waals surface area contributed by atoms with Crippen molar-refractivity contribution in [1.29, 1.82) is 0 Å². The Morgan fingerprint density at radius 3 is 2.32 bits per heavy atom. The van der Waals surface area contributed by atoms with E-state index in [0.29, 0.717) is 36.4 Å². The van der Waals surface area contributed by atoms with Gasteiger partial charge in [-0.1, -0.05) is 64.4 Å². The highest BCUT2D eigenvalue weighted by molar-refractivity contribution is 5.94. The number of carbonyl (C=O) groups is 2. The van der Waals surface area contributed by atoms with Crippen LogP contribution >= 0.6 is 0 Å². The van der Waals surface area contributed by atoms with Crippen LogP contribution < -0.4 is 16.2 Å². The van der Waals surface area contributed by atoms with Gasteiger partial charge in [-0.2, -0.15) is 0 Å². The van der Waals surface area contributed by atoms with E-state index in [1.54, 1.807) is 33.4 Å². The quantitative estimate of drug-likeness (QED) is 0.138. The van der Waals surface area contributed by atoms with Crippen molar-refractivity contribution in [2.75, 3.05) is 45.1 Å². The molecular formula is C37H49FN6O3. The summed E-state index contributed by atoms with van der Waals surface area (Å²) in [6.07, 6.45) is 4.45. The number of anilines is 1. The topological polar surface area (TPSA) is 91.1 Å². The fourth-order valence-corrected chi connectivity index (χ4v) is 5.71. The molecule has 0 saturated carbocycles. The summed E-state index contributed by atoms with van der Waals surface area (Å²) in [5.41, 5.74) is 3.72. The number of hydrogen-bond donors (Lipinski definition) is 2. The molecule has 2 heterocycles. The minimum absolute atomic E-state index is 0.00752. The lowest BCUT2D eigenvalue weighted by Crippen LogP contribution is -2.35. The molecule has 10 heteroatoms. The molecule has 0 bridgehead atoms. The van der Waals surface area contributed by atoms with Gasteiger partial charge in [0.15, 0.2) is 0 Å². The van der Waals surface area contributed by atoms with Crippen LogP contribution in [0.5, 0.6) is 0 Å². The van der Waals surface area contributed by atoms with Crippen LogP contribution in [0.1, 0.15) is 75.0 Å². The van der Waals surface area contributed by atoms with Crippen molar-refractivity contribution in [2.45, 2.75) is 66.5 Å². The van der Waals surface area contributed by atoms with Crippen LogP contribution in [0.25, 0.3) is 16.8 Å². The maximum Gasteiger partial charge on any atom is 0.270 e. The summed E-state index contributed by atoms with van der Waals surface area (Å²) >= 11 is 0. The summed E-state index contributed by atoms with van der Waals surface area (Å²) in [7, 11) is 2.03. The minimum Gasteiger partial charge on any atom is -0.352 e. The molecule has 2 aromatic heterocycles. The Labute approximate surface area is 277 Å². The SMILES string of the molecule is CCCCNC(=O)c1cn(Cc2ccccc2F)c2cc(-c3ccc(NC(=O)CCC)cc3)c(CN(C)CCN(CC)CC)n2c1=O. The second-order valence-corrected chi connectivity index (χ2v) is 12.0. The average molecular weight is 645 g/mol. The van der Waals surface area contributed by atoms with E-state index < -0.39 is 11.5 Å². The number of aromatic nitrogens is 2. The average Bonchev–Trinajstić information content (AvgIpc) is 3.44. The molecule has 47 heavy (non-hydrogen) atoms. The Hall–Kier alpha value is -4.28. The molecule has 9 nitrogen and oxygen atoms in total. The largest absolute Gasteiger partial charge is 0.352 e. The molecule has 2 aromatic carbocycles. The van der Waals surface area contributed by atoms with E-state index in [0.717, 1.165) is 62.3 Å². The van der Waals surface area contributed by atoms with Gasteiger partial charge < -0.3 is 20.1 Å². The van der Waals surface area contributed by atoms with E-state index in [1.807, 2.05) is 51.2 Å². The van der Waals surface area contributed by atoms with E-state index >= 15 is 0 Å². The van der Waals surface area contributed by atoms with Crippen LogP contribution in [-0.4, -0.2) is 70.4 Å². The molecular weight excluding hydrogens is 595 g/mol. The van der Waals surface area contributed by atoms with Gasteiger partial charge >= 0.3 is 0 Å². The number of nitrogens with one attached hydrogen (secondary N) is 2. The zero-order valence-electron chi connectivity index (χ0n) is 28.4. The number of unbranched alkanes of at least 4 members (excludes halogenated alkanes) is 1. The molecule has 2 amide bonds. The van der Waals surface area contributed by atoms with E-state index in [9.17, 15) is 18.8 Å². The number of hydrogen-bond acceptors (Lipinski definition) is 5. The van der Waals surface area contributed by atoms with Crippen LogP contribution in [0.15, 0.2) is 65.6 Å². The number of carbonyl (C=O) groups excluding carboxylic acids is 2. The van der Waals surface area contributed by atoms with Crippen LogP contribution in [0.2, 0.25) is 0 Å². The number of amides is 2. The number of rotatable bonds is 17. The summed E-state index contributed by atoms with van der Waals surface area (Å²) in [4.78, 5) is 44.4. The third-order valence-electron chi connectivity index (χ3n) is 8.52. The Morgan fingerprint density at radius 2 is 1.66 bits per heavy atom. The first-order valence-corrected chi connectivity index (χ1v) is 16.8. The Bertz CT molecular complexity index is 1710. The molecule has 4 rings (SSSR count). The number of likely N-dealkylation sites (N-methyl/N-ethyl adjacent to an activating group) is 2. The predicted octanol–water partition coefficient (Wildman–Crippen LogP) is 6.00. The fourth-order valence-electron chi connectivity index (χ4n) is 5.71.